The molecule has 0 N–H and O–H groups in total. The van der Waals surface area contributed by atoms with Gasteiger partial charge >= 0.3 is 17.9 Å². The monoisotopic (exact) mass is 915 g/mol. The van der Waals surface area contributed by atoms with Crippen LogP contribution < -0.4 is 0 Å². The molecule has 0 radical (unpaired) electrons. The number of allylic oxidation sites excluding steroid dienone is 4. The summed E-state index contributed by atoms with van der Waals surface area (Å²) < 4.78 is 16.9. The van der Waals surface area contributed by atoms with Crippen molar-refractivity contribution in [1.82, 2.24) is 0 Å². The van der Waals surface area contributed by atoms with Crippen LogP contribution in [-0.4, -0.2) is 37.2 Å². The van der Waals surface area contributed by atoms with E-state index in [1.807, 2.05) is 0 Å². The minimum absolute atomic E-state index is 0.0715. The third-order valence-electron chi connectivity index (χ3n) is 13.0. The number of rotatable bonds is 53. The molecule has 0 spiro atoms. The minimum Gasteiger partial charge on any atom is -0.462 e. The van der Waals surface area contributed by atoms with Gasteiger partial charge in [0.05, 0.1) is 0 Å². The lowest BCUT2D eigenvalue weighted by Crippen LogP contribution is -2.30. The molecule has 0 aromatic rings. The molecule has 0 rings (SSSR count). The van der Waals surface area contributed by atoms with E-state index in [2.05, 4.69) is 45.1 Å². The van der Waals surface area contributed by atoms with Crippen molar-refractivity contribution >= 4 is 17.9 Å². The first kappa shape index (κ1) is 62.9. The Bertz CT molecular complexity index is 1050. The van der Waals surface area contributed by atoms with Gasteiger partial charge in [-0.25, -0.2) is 0 Å². The summed E-state index contributed by atoms with van der Waals surface area (Å²) >= 11 is 0. The maximum atomic E-state index is 12.8. The van der Waals surface area contributed by atoms with Crippen LogP contribution in [0.2, 0.25) is 0 Å². The van der Waals surface area contributed by atoms with Gasteiger partial charge in [-0.1, -0.05) is 270 Å². The number of carbonyl (C=O) groups is 3. The van der Waals surface area contributed by atoms with E-state index in [0.29, 0.717) is 19.3 Å². The third-order valence-corrected chi connectivity index (χ3v) is 13.0. The van der Waals surface area contributed by atoms with Crippen molar-refractivity contribution in [2.75, 3.05) is 13.2 Å². The van der Waals surface area contributed by atoms with Crippen molar-refractivity contribution in [3.05, 3.63) is 24.3 Å². The number of hydrogen-bond donors (Lipinski definition) is 0. The molecule has 1 unspecified atom stereocenters. The molecule has 6 heteroatoms. The molecule has 0 aliphatic heterocycles. The Hall–Kier alpha value is -2.11. The average molecular weight is 916 g/mol. The first-order valence-electron chi connectivity index (χ1n) is 28.8. The Balaban J connectivity index is 4.34. The first-order valence-corrected chi connectivity index (χ1v) is 28.8. The van der Waals surface area contributed by atoms with Crippen molar-refractivity contribution < 1.29 is 28.6 Å². The van der Waals surface area contributed by atoms with Gasteiger partial charge in [-0.15, -0.1) is 0 Å². The lowest BCUT2D eigenvalue weighted by Gasteiger charge is -2.18. The molecule has 382 valence electrons. The molecule has 0 aromatic carbocycles. The second-order valence-electron chi connectivity index (χ2n) is 19.6. The highest BCUT2D eigenvalue weighted by molar-refractivity contribution is 5.71. The van der Waals surface area contributed by atoms with Gasteiger partial charge in [0, 0.05) is 19.3 Å². The smallest absolute Gasteiger partial charge is 0.306 e. The molecular weight excluding hydrogens is 805 g/mol. The Morgan fingerprint density at radius 2 is 0.554 bits per heavy atom. The van der Waals surface area contributed by atoms with Crippen LogP contribution in [-0.2, 0) is 28.6 Å². The molecule has 0 aliphatic carbocycles. The van der Waals surface area contributed by atoms with Crippen molar-refractivity contribution in [1.29, 1.82) is 0 Å². The van der Waals surface area contributed by atoms with E-state index in [0.717, 1.165) is 77.0 Å². The molecule has 0 heterocycles. The molecular formula is C59H110O6. The zero-order chi connectivity index (χ0) is 47.2. The summed E-state index contributed by atoms with van der Waals surface area (Å²) in [7, 11) is 0. The largest absolute Gasteiger partial charge is 0.462 e. The fraction of sp³-hybridized carbons (Fsp3) is 0.881. The van der Waals surface area contributed by atoms with Crippen molar-refractivity contribution in [3.8, 4) is 0 Å². The van der Waals surface area contributed by atoms with Gasteiger partial charge in [-0.2, -0.15) is 0 Å². The highest BCUT2D eigenvalue weighted by atomic mass is 16.6. The molecule has 0 bridgehead atoms. The lowest BCUT2D eigenvalue weighted by atomic mass is 10.0. The predicted molar refractivity (Wildman–Crippen MR) is 279 cm³/mol. The summed E-state index contributed by atoms with van der Waals surface area (Å²) in [5.41, 5.74) is 0. The van der Waals surface area contributed by atoms with Gasteiger partial charge in [-0.05, 0) is 51.4 Å². The van der Waals surface area contributed by atoms with Gasteiger partial charge in [-0.3, -0.25) is 14.4 Å². The van der Waals surface area contributed by atoms with E-state index >= 15 is 0 Å². The van der Waals surface area contributed by atoms with E-state index in [1.165, 1.54) is 199 Å². The number of hydrogen-bond acceptors (Lipinski definition) is 6. The molecule has 65 heavy (non-hydrogen) atoms. The van der Waals surface area contributed by atoms with Crippen LogP contribution in [0.1, 0.15) is 316 Å². The predicted octanol–water partition coefficient (Wildman–Crippen LogP) is 19.1. The quantitative estimate of drug-likeness (QED) is 0.0262. The Kier molecular flexibility index (Phi) is 52.7. The van der Waals surface area contributed by atoms with Crippen LogP contribution in [0, 0.1) is 0 Å². The highest BCUT2D eigenvalue weighted by Crippen LogP contribution is 2.17. The van der Waals surface area contributed by atoms with Crippen molar-refractivity contribution in [2.45, 2.75) is 322 Å². The topological polar surface area (TPSA) is 78.9 Å². The number of ether oxygens (including phenoxy) is 3. The van der Waals surface area contributed by atoms with Crippen LogP contribution in [0.15, 0.2) is 24.3 Å². The van der Waals surface area contributed by atoms with Crippen molar-refractivity contribution in [3.63, 3.8) is 0 Å². The van der Waals surface area contributed by atoms with Crippen LogP contribution in [0.5, 0.6) is 0 Å². The first-order chi connectivity index (χ1) is 32.0. The van der Waals surface area contributed by atoms with Crippen LogP contribution in [0.4, 0.5) is 0 Å². The summed E-state index contributed by atoms with van der Waals surface area (Å²) in [4.78, 5) is 38.1. The van der Waals surface area contributed by atoms with Gasteiger partial charge in [0.25, 0.3) is 0 Å². The average Bonchev–Trinajstić information content (AvgIpc) is 3.30. The molecule has 0 saturated heterocycles. The molecule has 0 aromatic heterocycles. The van der Waals surface area contributed by atoms with Gasteiger partial charge in [0.2, 0.25) is 0 Å². The molecule has 0 aliphatic rings. The maximum Gasteiger partial charge on any atom is 0.306 e. The molecule has 0 fully saturated rings. The van der Waals surface area contributed by atoms with Crippen molar-refractivity contribution in [2.24, 2.45) is 0 Å². The normalized spacial score (nSPS) is 12.1. The molecule has 0 saturated carbocycles. The van der Waals surface area contributed by atoms with Gasteiger partial charge < -0.3 is 14.2 Å². The number of carbonyl (C=O) groups excluding carboxylic acids is 3. The van der Waals surface area contributed by atoms with E-state index in [1.54, 1.807) is 0 Å². The standard InChI is InChI=1S/C59H110O6/c1-4-7-10-13-16-19-22-25-28-29-32-34-37-40-43-46-49-52-58(61)64-55-56(65-59(62)53-50-47-44-41-38-35-31-27-24-21-18-15-12-9-6-3)54-63-57(60)51-48-45-42-39-36-33-30-26-23-20-17-14-11-8-5-2/h18,21,27,31,56H,4-17,19-20,22-26,28-30,32-55H2,1-3H3/b21-18-,31-27-. The van der Waals surface area contributed by atoms with Crippen LogP contribution >= 0.6 is 0 Å². The summed E-state index contributed by atoms with van der Waals surface area (Å²) in [6.07, 6.45) is 63.0. The second-order valence-corrected chi connectivity index (χ2v) is 19.6. The van der Waals surface area contributed by atoms with E-state index in [9.17, 15) is 14.4 Å². The summed E-state index contributed by atoms with van der Waals surface area (Å²) in [6.45, 7) is 6.65. The molecule has 6 nitrogen and oxygen atoms in total. The fourth-order valence-corrected chi connectivity index (χ4v) is 8.59. The summed E-state index contributed by atoms with van der Waals surface area (Å²) in [5, 5.41) is 0. The summed E-state index contributed by atoms with van der Waals surface area (Å²) in [5.74, 6) is -0.863. The minimum atomic E-state index is -0.773. The lowest BCUT2D eigenvalue weighted by molar-refractivity contribution is -0.167. The Labute approximate surface area is 404 Å². The number of esters is 3. The Morgan fingerprint density at radius 1 is 0.308 bits per heavy atom. The van der Waals surface area contributed by atoms with Crippen LogP contribution in [0.25, 0.3) is 0 Å². The van der Waals surface area contributed by atoms with E-state index in [-0.39, 0.29) is 31.1 Å². The fourth-order valence-electron chi connectivity index (χ4n) is 8.59. The second kappa shape index (κ2) is 54.5. The van der Waals surface area contributed by atoms with Crippen LogP contribution in [0.3, 0.4) is 0 Å². The SMILES string of the molecule is CCCCC/C=C\C/C=C\CCCCCCCC(=O)OC(COC(=O)CCCCCCCCCCCCCCCCC)COC(=O)CCCCCCCCCCCCCCCCCCC. The van der Waals surface area contributed by atoms with E-state index < -0.39 is 6.10 Å². The number of unbranched alkanes of at least 4 members (excludes halogenated alkanes) is 38. The van der Waals surface area contributed by atoms with Gasteiger partial charge in [0.1, 0.15) is 13.2 Å². The van der Waals surface area contributed by atoms with Gasteiger partial charge in [0.15, 0.2) is 6.10 Å². The zero-order valence-electron chi connectivity index (χ0n) is 43.8. The van der Waals surface area contributed by atoms with E-state index in [4.69, 9.17) is 14.2 Å². The molecule has 1 atom stereocenters. The molecule has 0 amide bonds. The summed E-state index contributed by atoms with van der Waals surface area (Å²) in [6, 6.07) is 0. The maximum absolute atomic E-state index is 12.8. The third kappa shape index (κ3) is 52.7. The zero-order valence-corrected chi connectivity index (χ0v) is 43.8. The Morgan fingerprint density at radius 3 is 0.877 bits per heavy atom. The highest BCUT2D eigenvalue weighted by Gasteiger charge is 2.19.